The number of likely N-dealkylation sites (N-methyl/N-ethyl adjacent to an activating group) is 1. The highest BCUT2D eigenvalue weighted by Gasteiger charge is 2.48. The Morgan fingerprint density at radius 2 is 1.88 bits per heavy atom. The van der Waals surface area contributed by atoms with Crippen molar-refractivity contribution in [2.75, 3.05) is 24.4 Å². The van der Waals surface area contributed by atoms with Gasteiger partial charge in [-0.05, 0) is 42.8 Å². The van der Waals surface area contributed by atoms with Gasteiger partial charge in [-0.1, -0.05) is 17.7 Å². The molecule has 6 heteroatoms. The summed E-state index contributed by atoms with van der Waals surface area (Å²) < 4.78 is 41.5. The number of nitrogens with zero attached hydrogens (tertiary/aromatic N) is 1. The average molecular weight is 361 g/mol. The lowest BCUT2D eigenvalue weighted by molar-refractivity contribution is -0.886. The third-order valence-electron chi connectivity index (χ3n) is 5.39. The summed E-state index contributed by atoms with van der Waals surface area (Å²) in [7, 11) is -1.56. The Balaban J connectivity index is 1.85. The van der Waals surface area contributed by atoms with Crippen LogP contribution in [0.5, 0.6) is 0 Å². The smallest absolute Gasteiger partial charge is 0.264 e. The fourth-order valence-electron chi connectivity index (χ4n) is 4.19. The fourth-order valence-corrected chi connectivity index (χ4v) is 5.93. The fraction of sp³-hybridized carbons (Fsp3) is 0.368. The molecule has 0 radical (unpaired) electrons. The Morgan fingerprint density at radius 3 is 2.60 bits per heavy atom. The minimum Gasteiger partial charge on any atom is -0.337 e. The van der Waals surface area contributed by atoms with Crippen molar-refractivity contribution in [3.8, 4) is 0 Å². The lowest BCUT2D eigenvalue weighted by Crippen LogP contribution is -3.11. The Morgan fingerprint density at radius 1 is 1.16 bits per heavy atom. The van der Waals surface area contributed by atoms with Gasteiger partial charge in [0.1, 0.15) is 5.82 Å². The van der Waals surface area contributed by atoms with Gasteiger partial charge in [0.15, 0.2) is 0 Å². The number of hydrogen-bond acceptors (Lipinski definition) is 2. The topological polar surface area (TPSA) is 41.8 Å². The molecular formula is C19H22FN2O2S+. The second-order valence-corrected chi connectivity index (χ2v) is 9.01. The number of sulfonamides is 1. The first kappa shape index (κ1) is 16.5. The van der Waals surface area contributed by atoms with Crippen molar-refractivity contribution < 1.29 is 17.7 Å². The molecule has 1 unspecified atom stereocenters. The first-order chi connectivity index (χ1) is 11.9. The third-order valence-corrected chi connectivity index (χ3v) is 7.24. The van der Waals surface area contributed by atoms with Gasteiger partial charge in [-0.15, -0.1) is 0 Å². The molecule has 0 amide bonds. The number of nitrogens with one attached hydrogen (secondary N) is 1. The highest BCUT2D eigenvalue weighted by molar-refractivity contribution is 7.92. The number of likely N-dealkylation sites (tertiary alicyclic amines) is 1. The van der Waals surface area contributed by atoms with Crippen LogP contribution < -0.4 is 9.21 Å². The number of hydrogen-bond donors (Lipinski definition) is 1. The maximum atomic E-state index is 13.3. The van der Waals surface area contributed by atoms with E-state index in [1.807, 2.05) is 19.1 Å². The van der Waals surface area contributed by atoms with Crippen molar-refractivity contribution in [2.45, 2.75) is 30.2 Å². The van der Waals surface area contributed by atoms with Crippen molar-refractivity contribution in [3.05, 3.63) is 59.4 Å². The normalized spacial score (nSPS) is 25.6. The van der Waals surface area contributed by atoms with Gasteiger partial charge < -0.3 is 4.90 Å². The molecule has 25 heavy (non-hydrogen) atoms. The molecule has 0 bridgehead atoms. The number of anilines is 1. The van der Waals surface area contributed by atoms with Gasteiger partial charge in [0.25, 0.3) is 10.0 Å². The van der Waals surface area contributed by atoms with E-state index in [4.69, 9.17) is 0 Å². The highest BCUT2D eigenvalue weighted by atomic mass is 32.2. The largest absolute Gasteiger partial charge is 0.337 e. The maximum absolute atomic E-state index is 13.3. The van der Waals surface area contributed by atoms with Gasteiger partial charge in [0.05, 0.1) is 42.7 Å². The van der Waals surface area contributed by atoms with E-state index in [9.17, 15) is 12.8 Å². The van der Waals surface area contributed by atoms with Crippen LogP contribution in [0.3, 0.4) is 0 Å². The van der Waals surface area contributed by atoms with Crippen LogP contribution in [-0.2, 0) is 10.0 Å². The number of piperidine rings is 1. The summed E-state index contributed by atoms with van der Waals surface area (Å²) in [6.45, 7) is 3.91. The number of halogens is 1. The molecule has 1 saturated heterocycles. The van der Waals surface area contributed by atoms with Gasteiger partial charge >= 0.3 is 0 Å². The molecule has 3 atom stereocenters. The lowest BCUT2D eigenvalue weighted by atomic mass is 9.89. The van der Waals surface area contributed by atoms with Crippen molar-refractivity contribution in [2.24, 2.45) is 0 Å². The molecule has 0 aliphatic carbocycles. The molecule has 1 N–H and O–H groups in total. The molecule has 132 valence electrons. The Bertz CT molecular complexity index is 912. The highest BCUT2D eigenvalue weighted by Crippen LogP contribution is 2.45. The maximum Gasteiger partial charge on any atom is 0.264 e. The van der Waals surface area contributed by atoms with E-state index in [0.29, 0.717) is 0 Å². The van der Waals surface area contributed by atoms with E-state index in [0.717, 1.165) is 36.3 Å². The molecule has 4 nitrogen and oxygen atoms in total. The van der Waals surface area contributed by atoms with Crippen molar-refractivity contribution in [3.63, 3.8) is 0 Å². The van der Waals surface area contributed by atoms with Crippen LogP contribution >= 0.6 is 0 Å². The predicted octanol–water partition coefficient (Wildman–Crippen LogP) is 1.71. The minimum atomic E-state index is -3.71. The molecule has 2 aromatic carbocycles. The zero-order valence-electron chi connectivity index (χ0n) is 14.4. The number of rotatable bonds is 2. The van der Waals surface area contributed by atoms with Crippen molar-refractivity contribution in [1.29, 1.82) is 0 Å². The van der Waals surface area contributed by atoms with Crippen LogP contribution in [0.1, 0.15) is 23.5 Å². The number of quaternary nitrogens is 1. The zero-order valence-corrected chi connectivity index (χ0v) is 15.2. The van der Waals surface area contributed by atoms with Gasteiger partial charge in [-0.25, -0.2) is 12.8 Å². The molecule has 4 rings (SSSR count). The molecule has 0 spiro atoms. The van der Waals surface area contributed by atoms with E-state index in [-0.39, 0.29) is 16.9 Å². The second kappa shape index (κ2) is 5.81. The van der Waals surface area contributed by atoms with E-state index in [2.05, 4.69) is 13.1 Å². The minimum absolute atomic E-state index is 0.0597. The monoisotopic (exact) mass is 361 g/mol. The second-order valence-electron chi connectivity index (χ2n) is 7.19. The third kappa shape index (κ3) is 2.64. The predicted molar refractivity (Wildman–Crippen MR) is 95.0 cm³/mol. The summed E-state index contributed by atoms with van der Waals surface area (Å²) in [5.41, 5.74) is 3.04. The van der Waals surface area contributed by atoms with Crippen molar-refractivity contribution >= 4 is 15.7 Å². The van der Waals surface area contributed by atoms with E-state index < -0.39 is 15.8 Å². The van der Waals surface area contributed by atoms with Crippen LogP contribution in [0.25, 0.3) is 0 Å². The lowest BCUT2D eigenvalue weighted by Gasteiger charge is -2.34. The van der Waals surface area contributed by atoms with Crippen LogP contribution in [0.2, 0.25) is 0 Å². The van der Waals surface area contributed by atoms with Gasteiger partial charge in [-0.2, -0.15) is 0 Å². The first-order valence-corrected chi connectivity index (χ1v) is 10.0. The molecule has 0 aromatic heterocycles. The standard InChI is InChI=1S/C19H21FN2O2S/c1-13-3-8-18-16(11-13)17-12-21(2)10-9-19(17)22(18)25(23,24)15-6-4-14(20)5-7-15/h3-8,11,17,19H,9-10,12H2,1-2H3/p+1/t17-,19+/m1/s1. The SMILES string of the molecule is Cc1ccc2c(c1)[C@H]1C[NH+](C)CC[C@@H]1N2S(=O)(=O)c1ccc(F)cc1. The van der Waals surface area contributed by atoms with E-state index in [1.54, 1.807) is 4.31 Å². The summed E-state index contributed by atoms with van der Waals surface area (Å²) in [5.74, 6) is -0.226. The van der Waals surface area contributed by atoms with Crippen LogP contribution in [0.15, 0.2) is 47.4 Å². The van der Waals surface area contributed by atoms with Gasteiger partial charge in [-0.3, -0.25) is 4.31 Å². The molecule has 2 aliphatic rings. The zero-order chi connectivity index (χ0) is 17.8. The summed E-state index contributed by atoms with van der Waals surface area (Å²) in [6, 6.07) is 11.0. The molecular weight excluding hydrogens is 339 g/mol. The summed E-state index contributed by atoms with van der Waals surface area (Å²) in [5, 5.41) is 0. The number of benzene rings is 2. The summed E-state index contributed by atoms with van der Waals surface area (Å²) >= 11 is 0. The van der Waals surface area contributed by atoms with Crippen LogP contribution in [0, 0.1) is 12.7 Å². The summed E-state index contributed by atoms with van der Waals surface area (Å²) in [6.07, 6.45) is 0.824. The Kier molecular flexibility index (Phi) is 3.85. The Labute approximate surface area is 147 Å². The van der Waals surface area contributed by atoms with E-state index in [1.165, 1.54) is 29.2 Å². The molecule has 2 aliphatic heterocycles. The van der Waals surface area contributed by atoms with Crippen molar-refractivity contribution in [1.82, 2.24) is 0 Å². The van der Waals surface area contributed by atoms with Crippen LogP contribution in [-0.4, -0.2) is 34.6 Å². The van der Waals surface area contributed by atoms with Gasteiger partial charge in [0, 0.05) is 6.42 Å². The van der Waals surface area contributed by atoms with E-state index >= 15 is 0 Å². The molecule has 0 saturated carbocycles. The number of aryl methyl sites for hydroxylation is 1. The molecule has 2 aromatic rings. The molecule has 1 fully saturated rings. The number of fused-ring (bicyclic) bond motifs is 3. The Hall–Kier alpha value is -1.92. The van der Waals surface area contributed by atoms with Gasteiger partial charge in [0.2, 0.25) is 0 Å². The van der Waals surface area contributed by atoms with Crippen LogP contribution in [0.4, 0.5) is 10.1 Å². The molecule has 2 heterocycles. The quantitative estimate of drug-likeness (QED) is 0.885. The first-order valence-electron chi connectivity index (χ1n) is 8.60. The average Bonchev–Trinajstić information content (AvgIpc) is 2.89. The summed E-state index contributed by atoms with van der Waals surface area (Å²) in [4.78, 5) is 1.57.